The van der Waals surface area contributed by atoms with Gasteiger partial charge in [0, 0.05) is 24.2 Å². The lowest BCUT2D eigenvalue weighted by Crippen LogP contribution is -2.41. The van der Waals surface area contributed by atoms with Crippen molar-refractivity contribution < 1.29 is 9.59 Å². The predicted molar refractivity (Wildman–Crippen MR) is 103 cm³/mol. The minimum absolute atomic E-state index is 0.0436. The molecule has 1 fully saturated rings. The lowest BCUT2D eigenvalue weighted by atomic mass is 9.55. The van der Waals surface area contributed by atoms with Crippen molar-refractivity contribution in [3.05, 3.63) is 101 Å². The Morgan fingerprint density at radius 2 is 1.21 bits per heavy atom. The van der Waals surface area contributed by atoms with Gasteiger partial charge in [-0.1, -0.05) is 54.6 Å². The predicted octanol–water partition coefficient (Wildman–Crippen LogP) is 3.47. The van der Waals surface area contributed by atoms with Gasteiger partial charge in [-0.3, -0.25) is 19.5 Å². The van der Waals surface area contributed by atoms with Gasteiger partial charge in [0.05, 0.1) is 18.4 Å². The van der Waals surface area contributed by atoms with Gasteiger partial charge in [0.1, 0.15) is 0 Å². The van der Waals surface area contributed by atoms with Crippen LogP contribution in [-0.2, 0) is 16.1 Å². The van der Waals surface area contributed by atoms with E-state index in [9.17, 15) is 9.59 Å². The highest BCUT2D eigenvalue weighted by molar-refractivity contribution is 6.07. The molecule has 2 atom stereocenters. The lowest BCUT2D eigenvalue weighted by molar-refractivity contribution is -0.140. The highest BCUT2D eigenvalue weighted by Crippen LogP contribution is 2.61. The van der Waals surface area contributed by atoms with E-state index in [-0.39, 0.29) is 35.5 Å². The van der Waals surface area contributed by atoms with E-state index in [4.69, 9.17) is 0 Å². The number of likely N-dealkylation sites (tertiary alicyclic amines) is 1. The second-order valence-electron chi connectivity index (χ2n) is 7.89. The van der Waals surface area contributed by atoms with Gasteiger partial charge in [-0.2, -0.15) is 0 Å². The summed E-state index contributed by atoms with van der Waals surface area (Å²) in [5, 5.41) is 0. The average molecular weight is 366 g/mol. The Balaban J connectivity index is 1.50. The van der Waals surface area contributed by atoms with Crippen molar-refractivity contribution in [1.29, 1.82) is 0 Å². The number of benzene rings is 2. The van der Waals surface area contributed by atoms with E-state index < -0.39 is 0 Å². The summed E-state index contributed by atoms with van der Waals surface area (Å²) in [5.41, 5.74) is 5.70. The molecule has 7 rings (SSSR count). The molecule has 0 N–H and O–H groups in total. The molecule has 4 nitrogen and oxygen atoms in total. The molecule has 0 saturated carbocycles. The van der Waals surface area contributed by atoms with Crippen LogP contribution in [0.4, 0.5) is 0 Å². The molecule has 3 aliphatic carbocycles. The molecule has 4 aliphatic rings. The number of amides is 2. The van der Waals surface area contributed by atoms with Crippen LogP contribution in [0, 0.1) is 11.8 Å². The van der Waals surface area contributed by atoms with Crippen molar-refractivity contribution in [2.45, 2.75) is 18.4 Å². The Bertz CT molecular complexity index is 1010. The molecule has 4 heteroatoms. The lowest BCUT2D eigenvalue weighted by Gasteiger charge is -2.45. The van der Waals surface area contributed by atoms with Crippen LogP contribution in [0.15, 0.2) is 73.1 Å². The molecular weight excluding hydrogens is 348 g/mol. The van der Waals surface area contributed by atoms with Crippen molar-refractivity contribution in [3.63, 3.8) is 0 Å². The molecule has 2 aromatic carbocycles. The van der Waals surface area contributed by atoms with Gasteiger partial charge in [-0.25, -0.2) is 0 Å². The van der Waals surface area contributed by atoms with Gasteiger partial charge >= 0.3 is 0 Å². The van der Waals surface area contributed by atoms with E-state index in [1.165, 1.54) is 27.2 Å². The minimum atomic E-state index is -0.307. The van der Waals surface area contributed by atoms with E-state index in [1.54, 1.807) is 12.4 Å². The number of aromatic nitrogens is 1. The monoisotopic (exact) mass is 366 g/mol. The van der Waals surface area contributed by atoms with E-state index in [0.29, 0.717) is 6.54 Å². The van der Waals surface area contributed by atoms with E-state index >= 15 is 0 Å². The number of hydrogen-bond acceptors (Lipinski definition) is 3. The first-order chi connectivity index (χ1) is 13.8. The Morgan fingerprint density at radius 3 is 1.64 bits per heavy atom. The first-order valence-electron chi connectivity index (χ1n) is 9.67. The summed E-state index contributed by atoms with van der Waals surface area (Å²) in [5.74, 6) is -0.788. The second-order valence-corrected chi connectivity index (χ2v) is 7.89. The van der Waals surface area contributed by atoms with Gasteiger partial charge < -0.3 is 0 Å². The first kappa shape index (κ1) is 15.8. The van der Waals surface area contributed by atoms with E-state index in [2.05, 4.69) is 29.2 Å². The molecular formula is C24H18N2O2. The maximum atomic E-state index is 13.4. The van der Waals surface area contributed by atoms with Crippen LogP contribution >= 0.6 is 0 Å². The highest BCUT2D eigenvalue weighted by Gasteiger charge is 2.61. The summed E-state index contributed by atoms with van der Waals surface area (Å²) >= 11 is 0. The summed E-state index contributed by atoms with van der Waals surface area (Å²) in [6.45, 7) is 0.296. The molecule has 0 radical (unpaired) electrons. The summed E-state index contributed by atoms with van der Waals surface area (Å²) in [6, 6.07) is 20.4. The molecule has 2 amide bonds. The number of imide groups is 1. The molecule has 3 aromatic rings. The number of carbonyl (C=O) groups is 2. The van der Waals surface area contributed by atoms with Gasteiger partial charge in [0.25, 0.3) is 0 Å². The summed E-state index contributed by atoms with van der Waals surface area (Å²) in [7, 11) is 0. The van der Waals surface area contributed by atoms with Crippen LogP contribution in [0.25, 0.3) is 0 Å². The molecule has 1 saturated heterocycles. The summed E-state index contributed by atoms with van der Waals surface area (Å²) < 4.78 is 0. The van der Waals surface area contributed by atoms with Crippen LogP contribution in [0.5, 0.6) is 0 Å². The van der Waals surface area contributed by atoms with Crippen LogP contribution < -0.4 is 0 Å². The number of rotatable bonds is 2. The Morgan fingerprint density at radius 1 is 0.714 bits per heavy atom. The topological polar surface area (TPSA) is 50.3 Å². The maximum Gasteiger partial charge on any atom is 0.234 e. The zero-order valence-electron chi connectivity index (χ0n) is 15.2. The largest absolute Gasteiger partial charge is 0.277 e. The van der Waals surface area contributed by atoms with Gasteiger partial charge in [0.2, 0.25) is 11.8 Å². The molecule has 28 heavy (non-hydrogen) atoms. The van der Waals surface area contributed by atoms with Crippen molar-refractivity contribution in [2.24, 2.45) is 11.8 Å². The van der Waals surface area contributed by atoms with Crippen LogP contribution in [0.1, 0.15) is 39.7 Å². The quantitative estimate of drug-likeness (QED) is 0.653. The minimum Gasteiger partial charge on any atom is -0.277 e. The Kier molecular flexibility index (Phi) is 3.16. The summed E-state index contributed by atoms with van der Waals surface area (Å²) in [4.78, 5) is 32.5. The molecule has 0 unspecified atom stereocenters. The van der Waals surface area contributed by atoms with E-state index in [1.807, 2.05) is 36.4 Å². The zero-order chi connectivity index (χ0) is 18.8. The number of nitrogens with zero attached hydrogens (tertiary/aromatic N) is 2. The number of carbonyl (C=O) groups excluding carboxylic acids is 2. The third kappa shape index (κ3) is 1.92. The average Bonchev–Trinajstić information content (AvgIpc) is 3.00. The molecule has 0 spiro atoms. The van der Waals surface area contributed by atoms with Crippen molar-refractivity contribution in [1.82, 2.24) is 9.88 Å². The van der Waals surface area contributed by atoms with Crippen molar-refractivity contribution >= 4 is 11.8 Å². The zero-order valence-corrected chi connectivity index (χ0v) is 15.2. The molecule has 2 bridgehead atoms. The second kappa shape index (κ2) is 5.61. The van der Waals surface area contributed by atoms with Gasteiger partial charge in [-0.15, -0.1) is 0 Å². The van der Waals surface area contributed by atoms with Crippen LogP contribution in [-0.4, -0.2) is 21.7 Å². The smallest absolute Gasteiger partial charge is 0.234 e. The molecule has 1 aromatic heterocycles. The normalized spacial score (nSPS) is 26.8. The fourth-order valence-electron chi connectivity index (χ4n) is 5.57. The Hall–Kier alpha value is -3.27. The van der Waals surface area contributed by atoms with Crippen LogP contribution in [0.2, 0.25) is 0 Å². The first-order valence-corrected chi connectivity index (χ1v) is 9.67. The third-order valence-corrected chi connectivity index (χ3v) is 6.60. The SMILES string of the molecule is O=C1[C@@H]2C3c4ccccc4C(c4ccccc43)[C@H]2C(=O)N1Cc1cccnc1. The third-order valence-electron chi connectivity index (χ3n) is 6.60. The standard InChI is InChI=1S/C24H18N2O2/c27-23-21-19-15-7-1-2-8-16(15)20(18-10-4-3-9-17(18)19)22(21)24(28)26(23)13-14-6-5-11-25-12-14/h1-12,19-22H,13H2/t19?,20?,21-,22-/m1/s1. The fraction of sp³-hybridized carbons (Fsp3) is 0.208. The van der Waals surface area contributed by atoms with Crippen molar-refractivity contribution in [3.8, 4) is 0 Å². The van der Waals surface area contributed by atoms with Crippen molar-refractivity contribution in [2.75, 3.05) is 0 Å². The Labute approximate surface area is 162 Å². The van der Waals surface area contributed by atoms with Crippen LogP contribution in [0.3, 0.4) is 0 Å². The van der Waals surface area contributed by atoms with Gasteiger partial charge in [-0.05, 0) is 33.9 Å². The number of pyridine rings is 1. The van der Waals surface area contributed by atoms with Gasteiger partial charge in [0.15, 0.2) is 0 Å². The highest BCUT2D eigenvalue weighted by atomic mass is 16.2. The maximum absolute atomic E-state index is 13.4. The fourth-order valence-corrected chi connectivity index (χ4v) is 5.57. The molecule has 1 aliphatic heterocycles. The molecule has 2 heterocycles. The van der Waals surface area contributed by atoms with E-state index in [0.717, 1.165) is 5.56 Å². The molecule has 136 valence electrons. The number of hydrogen-bond donors (Lipinski definition) is 0. The summed E-state index contributed by atoms with van der Waals surface area (Å²) in [6.07, 6.45) is 3.42.